The van der Waals surface area contributed by atoms with E-state index >= 15 is 0 Å². The Balaban J connectivity index is 1.95. The Hall–Kier alpha value is -1.60. The van der Waals surface area contributed by atoms with Gasteiger partial charge in [0.1, 0.15) is 12.7 Å². The zero-order valence-electron chi connectivity index (χ0n) is 11.4. The van der Waals surface area contributed by atoms with Gasteiger partial charge in [0.15, 0.2) is 0 Å². The number of benzene rings is 1. The predicted octanol–water partition coefficient (Wildman–Crippen LogP) is 1.62. The molecule has 110 valence electrons. The minimum atomic E-state index is -3.81. The summed E-state index contributed by atoms with van der Waals surface area (Å²) < 4.78 is 33.8. The molecule has 1 aromatic rings. The van der Waals surface area contributed by atoms with E-state index in [0.717, 1.165) is 0 Å². The quantitative estimate of drug-likeness (QED) is 0.773. The Morgan fingerprint density at radius 2 is 2.00 bits per heavy atom. The zero-order valence-corrected chi connectivity index (χ0v) is 12.2. The highest BCUT2D eigenvalue weighted by molar-refractivity contribution is 7.86. The van der Waals surface area contributed by atoms with Gasteiger partial charge in [-0.2, -0.15) is 8.42 Å². The van der Waals surface area contributed by atoms with Gasteiger partial charge in [-0.3, -0.25) is 4.18 Å². The average molecular weight is 299 g/mol. The summed E-state index contributed by atoms with van der Waals surface area (Å²) in [6.45, 7) is 3.89. The van der Waals surface area contributed by atoms with Gasteiger partial charge in [-0.05, 0) is 26.0 Å². The molecule has 0 bridgehead atoms. The molecule has 1 aliphatic heterocycles. The third-order valence-electron chi connectivity index (χ3n) is 2.97. The molecule has 2 rings (SSSR count). The summed E-state index contributed by atoms with van der Waals surface area (Å²) >= 11 is 0. The lowest BCUT2D eigenvalue weighted by atomic mass is 10.3. The second-order valence-electron chi connectivity index (χ2n) is 4.80. The van der Waals surface area contributed by atoms with E-state index in [4.69, 9.17) is 8.92 Å². The maximum atomic E-state index is 11.9. The molecule has 0 spiro atoms. The maximum absolute atomic E-state index is 11.9. The van der Waals surface area contributed by atoms with Gasteiger partial charge in [0.2, 0.25) is 0 Å². The highest BCUT2D eigenvalue weighted by Crippen LogP contribution is 2.17. The molecule has 7 heteroatoms. The van der Waals surface area contributed by atoms with Gasteiger partial charge in [-0.1, -0.05) is 18.2 Å². The molecular weight excluding hydrogens is 282 g/mol. The van der Waals surface area contributed by atoms with Crippen molar-refractivity contribution in [2.75, 3.05) is 13.2 Å². The molecule has 0 N–H and O–H groups in total. The molecule has 6 nitrogen and oxygen atoms in total. The standard InChI is InChI=1S/C13H17NO5S/c1-10(2)14-8-11(19-13(14)15)9-18-20(16,17)12-6-4-3-5-7-12/h3-7,10-11H,8-9H2,1-2H3. The summed E-state index contributed by atoms with van der Waals surface area (Å²) in [5.74, 6) is 0. The molecule has 1 aliphatic rings. The number of carbonyl (C=O) groups is 1. The van der Waals surface area contributed by atoms with Gasteiger partial charge < -0.3 is 9.64 Å². The molecule has 1 saturated heterocycles. The summed E-state index contributed by atoms with van der Waals surface area (Å²) in [5.41, 5.74) is 0. The minimum absolute atomic E-state index is 0.0123. The Morgan fingerprint density at radius 1 is 1.35 bits per heavy atom. The maximum Gasteiger partial charge on any atom is 0.410 e. The van der Waals surface area contributed by atoms with Gasteiger partial charge in [-0.25, -0.2) is 4.79 Å². The lowest BCUT2D eigenvalue weighted by Gasteiger charge is -2.16. The van der Waals surface area contributed by atoms with Gasteiger partial charge in [0.25, 0.3) is 10.1 Å². The smallest absolute Gasteiger partial charge is 0.410 e. The van der Waals surface area contributed by atoms with Crippen LogP contribution in [0.4, 0.5) is 4.79 Å². The van der Waals surface area contributed by atoms with Crippen molar-refractivity contribution < 1.29 is 22.1 Å². The van der Waals surface area contributed by atoms with Gasteiger partial charge in [0, 0.05) is 6.04 Å². The van der Waals surface area contributed by atoms with E-state index in [-0.39, 0.29) is 17.5 Å². The second kappa shape index (κ2) is 5.80. The van der Waals surface area contributed by atoms with Gasteiger partial charge in [0.05, 0.1) is 11.4 Å². The molecule has 0 saturated carbocycles. The topological polar surface area (TPSA) is 72.9 Å². The van der Waals surface area contributed by atoms with Gasteiger partial charge in [-0.15, -0.1) is 0 Å². The lowest BCUT2D eigenvalue weighted by Crippen LogP contribution is -2.32. The third-order valence-corrected chi connectivity index (χ3v) is 4.26. The van der Waals surface area contributed by atoms with Crippen LogP contribution >= 0.6 is 0 Å². The first-order valence-corrected chi connectivity index (χ1v) is 7.72. The molecule has 0 aliphatic carbocycles. The number of carbonyl (C=O) groups excluding carboxylic acids is 1. The van der Waals surface area contributed by atoms with Crippen molar-refractivity contribution in [2.24, 2.45) is 0 Å². The lowest BCUT2D eigenvalue weighted by molar-refractivity contribution is 0.104. The van der Waals surface area contributed by atoms with Crippen molar-refractivity contribution in [1.29, 1.82) is 0 Å². The van der Waals surface area contributed by atoms with Crippen molar-refractivity contribution in [3.8, 4) is 0 Å². The van der Waals surface area contributed by atoms with Crippen LogP contribution < -0.4 is 0 Å². The number of cyclic esters (lactones) is 1. The fourth-order valence-electron chi connectivity index (χ4n) is 1.87. The van der Waals surface area contributed by atoms with Crippen LogP contribution in [0.15, 0.2) is 35.2 Å². The van der Waals surface area contributed by atoms with Crippen LogP contribution in [-0.4, -0.2) is 44.7 Å². The van der Waals surface area contributed by atoms with Crippen LogP contribution in [0.3, 0.4) is 0 Å². The van der Waals surface area contributed by atoms with Crippen molar-refractivity contribution in [1.82, 2.24) is 4.90 Å². The molecular formula is C13H17NO5S. The van der Waals surface area contributed by atoms with E-state index in [1.165, 1.54) is 17.0 Å². The summed E-state index contributed by atoms with van der Waals surface area (Å²) in [7, 11) is -3.81. The van der Waals surface area contributed by atoms with Crippen molar-refractivity contribution in [3.05, 3.63) is 30.3 Å². The fraction of sp³-hybridized carbons (Fsp3) is 0.462. The molecule has 20 heavy (non-hydrogen) atoms. The number of rotatable bonds is 5. The largest absolute Gasteiger partial charge is 0.442 e. The molecule has 0 aromatic heterocycles. The molecule has 1 unspecified atom stereocenters. The molecule has 1 fully saturated rings. The highest BCUT2D eigenvalue weighted by Gasteiger charge is 2.34. The number of hydrogen-bond donors (Lipinski definition) is 0. The Labute approximate surface area is 118 Å². The summed E-state index contributed by atoms with van der Waals surface area (Å²) in [4.78, 5) is 13.1. The molecule has 0 radical (unpaired) electrons. The van der Waals surface area contributed by atoms with Crippen LogP contribution in [0.2, 0.25) is 0 Å². The van der Waals surface area contributed by atoms with Crippen LogP contribution in [0, 0.1) is 0 Å². The van der Waals surface area contributed by atoms with Crippen molar-refractivity contribution in [3.63, 3.8) is 0 Å². The van der Waals surface area contributed by atoms with Crippen LogP contribution in [0.25, 0.3) is 0 Å². The fourth-order valence-corrected chi connectivity index (χ4v) is 2.83. The zero-order chi connectivity index (χ0) is 14.8. The first kappa shape index (κ1) is 14.8. The van der Waals surface area contributed by atoms with Crippen molar-refractivity contribution in [2.45, 2.75) is 30.9 Å². The van der Waals surface area contributed by atoms with E-state index in [2.05, 4.69) is 0 Å². The number of hydrogen-bond acceptors (Lipinski definition) is 5. The van der Waals surface area contributed by atoms with E-state index in [9.17, 15) is 13.2 Å². The summed E-state index contributed by atoms with van der Waals surface area (Å²) in [6, 6.07) is 7.88. The highest BCUT2D eigenvalue weighted by atomic mass is 32.2. The number of nitrogens with zero attached hydrogens (tertiary/aromatic N) is 1. The van der Waals surface area contributed by atoms with E-state index < -0.39 is 22.3 Å². The van der Waals surface area contributed by atoms with Crippen molar-refractivity contribution >= 4 is 16.2 Å². The molecule has 1 atom stereocenters. The molecule has 1 heterocycles. The first-order chi connectivity index (χ1) is 9.40. The van der Waals surface area contributed by atoms with Crippen LogP contribution in [0.5, 0.6) is 0 Å². The summed E-state index contributed by atoms with van der Waals surface area (Å²) in [6.07, 6.45) is -1.01. The average Bonchev–Trinajstić information content (AvgIpc) is 2.79. The molecule has 1 amide bonds. The van der Waals surface area contributed by atoms with Crippen LogP contribution in [0.1, 0.15) is 13.8 Å². The Kier molecular flexibility index (Phi) is 4.29. The first-order valence-electron chi connectivity index (χ1n) is 6.32. The minimum Gasteiger partial charge on any atom is -0.442 e. The van der Waals surface area contributed by atoms with E-state index in [1.54, 1.807) is 18.2 Å². The third kappa shape index (κ3) is 3.29. The van der Waals surface area contributed by atoms with Crippen LogP contribution in [-0.2, 0) is 19.0 Å². The van der Waals surface area contributed by atoms with E-state index in [1.807, 2.05) is 13.8 Å². The monoisotopic (exact) mass is 299 g/mol. The Bertz CT molecular complexity index is 570. The van der Waals surface area contributed by atoms with E-state index in [0.29, 0.717) is 6.54 Å². The normalized spacial score (nSPS) is 19.4. The SMILES string of the molecule is CC(C)N1CC(COS(=O)(=O)c2ccccc2)OC1=O. The Morgan fingerprint density at radius 3 is 2.55 bits per heavy atom. The number of amides is 1. The van der Waals surface area contributed by atoms with Gasteiger partial charge >= 0.3 is 6.09 Å². The number of ether oxygens (including phenoxy) is 1. The predicted molar refractivity (Wildman–Crippen MR) is 71.7 cm³/mol. The second-order valence-corrected chi connectivity index (χ2v) is 6.42. The molecule has 1 aromatic carbocycles. The summed E-state index contributed by atoms with van der Waals surface area (Å²) in [5, 5.41) is 0.